The van der Waals surface area contributed by atoms with E-state index in [1.165, 1.54) is 6.20 Å². The molecule has 1 aromatic rings. The predicted molar refractivity (Wildman–Crippen MR) is 73.6 cm³/mol. The van der Waals surface area contributed by atoms with Crippen LogP contribution in [0.5, 0.6) is 5.75 Å². The molecule has 0 heterocycles. The van der Waals surface area contributed by atoms with Gasteiger partial charge in [-0.3, -0.25) is 4.79 Å². The molecule has 0 saturated carbocycles. The third-order valence-corrected chi connectivity index (χ3v) is 2.35. The monoisotopic (exact) mass is 259 g/mol. The second-order valence-electron chi connectivity index (χ2n) is 3.81. The normalized spacial score (nSPS) is 10.5. The summed E-state index contributed by atoms with van der Waals surface area (Å²) in [7, 11) is 1.57. The molecule has 0 atom stereocenters. The van der Waals surface area contributed by atoms with Crippen LogP contribution in [0, 0.1) is 11.3 Å². The molecule has 0 bridgehead atoms. The minimum Gasteiger partial charge on any atom is -0.497 e. The molecule has 0 aliphatic carbocycles. The number of carbonyl (C=O) groups is 1. The molecule has 5 heteroatoms. The van der Waals surface area contributed by atoms with E-state index in [0.717, 1.165) is 13.0 Å². The predicted octanol–water partition coefficient (Wildman–Crippen LogP) is 2.04. The van der Waals surface area contributed by atoms with Crippen LogP contribution in [-0.2, 0) is 4.79 Å². The molecule has 1 aromatic carbocycles. The molecule has 0 unspecified atom stereocenters. The maximum atomic E-state index is 11.8. The average Bonchev–Trinajstić information content (AvgIpc) is 2.44. The molecule has 0 radical (unpaired) electrons. The minimum atomic E-state index is -0.434. The van der Waals surface area contributed by atoms with E-state index < -0.39 is 5.91 Å². The third kappa shape index (κ3) is 4.72. The van der Waals surface area contributed by atoms with Gasteiger partial charge >= 0.3 is 0 Å². The first-order chi connectivity index (χ1) is 9.21. The van der Waals surface area contributed by atoms with Crippen molar-refractivity contribution in [2.75, 3.05) is 19.0 Å². The van der Waals surface area contributed by atoms with Gasteiger partial charge in [0.25, 0.3) is 5.91 Å². The van der Waals surface area contributed by atoms with Crippen molar-refractivity contribution in [3.05, 3.63) is 36.0 Å². The summed E-state index contributed by atoms with van der Waals surface area (Å²) in [5.41, 5.74) is 0.659. The summed E-state index contributed by atoms with van der Waals surface area (Å²) in [6.07, 6.45) is 2.36. The lowest BCUT2D eigenvalue weighted by Gasteiger charge is -2.05. The van der Waals surface area contributed by atoms with E-state index in [0.29, 0.717) is 11.4 Å². The summed E-state index contributed by atoms with van der Waals surface area (Å²) in [6.45, 7) is 2.73. The highest BCUT2D eigenvalue weighted by Gasteiger charge is 2.08. The zero-order valence-corrected chi connectivity index (χ0v) is 11.1. The minimum absolute atomic E-state index is 0.0456. The van der Waals surface area contributed by atoms with Gasteiger partial charge in [0.2, 0.25) is 0 Å². The molecule has 19 heavy (non-hydrogen) atoms. The smallest absolute Gasteiger partial charge is 0.267 e. The van der Waals surface area contributed by atoms with Crippen LogP contribution >= 0.6 is 0 Å². The van der Waals surface area contributed by atoms with Gasteiger partial charge in [0.1, 0.15) is 17.4 Å². The first kappa shape index (κ1) is 14.6. The number of nitrogens with one attached hydrogen (secondary N) is 2. The highest BCUT2D eigenvalue weighted by molar-refractivity contribution is 6.06. The van der Waals surface area contributed by atoms with E-state index in [-0.39, 0.29) is 5.57 Å². The van der Waals surface area contributed by atoms with Crippen LogP contribution in [0.3, 0.4) is 0 Å². The number of hydrogen-bond acceptors (Lipinski definition) is 4. The van der Waals surface area contributed by atoms with Gasteiger partial charge in [-0.1, -0.05) is 6.92 Å². The first-order valence-corrected chi connectivity index (χ1v) is 6.00. The SMILES string of the molecule is CCCN/C=C(/C#N)C(=O)Nc1ccc(OC)cc1. The van der Waals surface area contributed by atoms with E-state index in [2.05, 4.69) is 10.6 Å². The highest BCUT2D eigenvalue weighted by atomic mass is 16.5. The number of nitriles is 1. The number of methoxy groups -OCH3 is 1. The van der Waals surface area contributed by atoms with Crippen molar-refractivity contribution in [2.24, 2.45) is 0 Å². The second kappa shape index (κ2) is 7.77. The van der Waals surface area contributed by atoms with Gasteiger partial charge in [0.15, 0.2) is 0 Å². The van der Waals surface area contributed by atoms with Gasteiger partial charge < -0.3 is 15.4 Å². The molecule has 100 valence electrons. The lowest BCUT2D eigenvalue weighted by molar-refractivity contribution is -0.112. The number of nitrogens with zero attached hydrogens (tertiary/aromatic N) is 1. The summed E-state index contributed by atoms with van der Waals surface area (Å²) >= 11 is 0. The average molecular weight is 259 g/mol. The van der Waals surface area contributed by atoms with Crippen LogP contribution in [0.25, 0.3) is 0 Å². The number of ether oxygens (including phenoxy) is 1. The second-order valence-corrected chi connectivity index (χ2v) is 3.81. The summed E-state index contributed by atoms with van der Waals surface area (Å²) in [4.78, 5) is 11.8. The molecular formula is C14H17N3O2. The Labute approximate surface area is 112 Å². The molecule has 0 aliphatic rings. The Morgan fingerprint density at radius 1 is 1.42 bits per heavy atom. The van der Waals surface area contributed by atoms with Gasteiger partial charge in [0, 0.05) is 18.4 Å². The van der Waals surface area contributed by atoms with Gasteiger partial charge in [-0.15, -0.1) is 0 Å². The number of amides is 1. The fourth-order valence-corrected chi connectivity index (χ4v) is 1.34. The van der Waals surface area contributed by atoms with Crippen LogP contribution in [0.2, 0.25) is 0 Å². The van der Waals surface area contributed by atoms with Crippen molar-refractivity contribution in [3.8, 4) is 11.8 Å². The zero-order chi connectivity index (χ0) is 14.1. The molecule has 0 spiro atoms. The lowest BCUT2D eigenvalue weighted by atomic mass is 10.2. The van der Waals surface area contributed by atoms with E-state index >= 15 is 0 Å². The van der Waals surface area contributed by atoms with Crippen LogP contribution in [0.4, 0.5) is 5.69 Å². The van der Waals surface area contributed by atoms with Gasteiger partial charge in [-0.05, 0) is 30.7 Å². The Balaban J connectivity index is 2.66. The topological polar surface area (TPSA) is 74.2 Å². The Hall–Kier alpha value is -2.48. The van der Waals surface area contributed by atoms with Crippen LogP contribution in [0.1, 0.15) is 13.3 Å². The van der Waals surface area contributed by atoms with Crippen LogP contribution < -0.4 is 15.4 Å². The summed E-state index contributed by atoms with van der Waals surface area (Å²) in [5.74, 6) is 0.273. The number of rotatable bonds is 6. The number of hydrogen-bond donors (Lipinski definition) is 2. The van der Waals surface area contributed by atoms with Crippen molar-refractivity contribution in [1.82, 2.24) is 5.32 Å². The fraction of sp³-hybridized carbons (Fsp3) is 0.286. The molecular weight excluding hydrogens is 242 g/mol. The van der Waals surface area contributed by atoms with Crippen molar-refractivity contribution in [2.45, 2.75) is 13.3 Å². The number of carbonyl (C=O) groups excluding carboxylic acids is 1. The van der Waals surface area contributed by atoms with Crippen molar-refractivity contribution < 1.29 is 9.53 Å². The van der Waals surface area contributed by atoms with Gasteiger partial charge in [-0.2, -0.15) is 5.26 Å². The third-order valence-electron chi connectivity index (χ3n) is 2.35. The molecule has 1 amide bonds. The van der Waals surface area contributed by atoms with E-state index in [1.54, 1.807) is 31.4 Å². The summed E-state index contributed by atoms with van der Waals surface area (Å²) in [6, 6.07) is 8.77. The van der Waals surface area contributed by atoms with Gasteiger partial charge in [0.05, 0.1) is 7.11 Å². The highest BCUT2D eigenvalue weighted by Crippen LogP contribution is 2.15. The largest absolute Gasteiger partial charge is 0.497 e. The van der Waals surface area contributed by atoms with E-state index in [1.807, 2.05) is 13.0 Å². The lowest BCUT2D eigenvalue weighted by Crippen LogP contribution is -2.17. The molecule has 5 nitrogen and oxygen atoms in total. The Kier molecular flexibility index (Phi) is 5.96. The fourth-order valence-electron chi connectivity index (χ4n) is 1.34. The van der Waals surface area contributed by atoms with E-state index in [4.69, 9.17) is 10.00 Å². The Morgan fingerprint density at radius 2 is 2.11 bits per heavy atom. The Bertz CT molecular complexity index is 486. The van der Waals surface area contributed by atoms with E-state index in [9.17, 15) is 4.79 Å². The summed E-state index contributed by atoms with van der Waals surface area (Å²) < 4.78 is 5.02. The molecule has 0 aromatic heterocycles. The van der Waals surface area contributed by atoms with Crippen molar-refractivity contribution in [3.63, 3.8) is 0 Å². The molecule has 2 N–H and O–H groups in total. The van der Waals surface area contributed by atoms with Crippen LogP contribution in [-0.4, -0.2) is 19.6 Å². The zero-order valence-electron chi connectivity index (χ0n) is 11.1. The maximum Gasteiger partial charge on any atom is 0.267 e. The molecule has 0 saturated heterocycles. The summed E-state index contributed by atoms with van der Waals surface area (Å²) in [5, 5.41) is 14.5. The molecule has 1 rings (SSSR count). The first-order valence-electron chi connectivity index (χ1n) is 6.00. The van der Waals surface area contributed by atoms with Crippen LogP contribution in [0.15, 0.2) is 36.0 Å². The quantitative estimate of drug-likeness (QED) is 0.466. The maximum absolute atomic E-state index is 11.8. The molecule has 0 fully saturated rings. The van der Waals surface area contributed by atoms with Crippen molar-refractivity contribution >= 4 is 11.6 Å². The molecule has 0 aliphatic heterocycles. The van der Waals surface area contributed by atoms with Crippen molar-refractivity contribution in [1.29, 1.82) is 5.26 Å². The number of anilines is 1. The van der Waals surface area contributed by atoms with Gasteiger partial charge in [-0.25, -0.2) is 0 Å². The number of benzene rings is 1. The Morgan fingerprint density at radius 3 is 2.63 bits per heavy atom. The standard InChI is InChI=1S/C14H17N3O2/c1-3-8-16-10-11(9-15)14(18)17-12-4-6-13(19-2)7-5-12/h4-7,10,16H,3,8H2,1-2H3,(H,17,18)/b11-10-.